The van der Waals surface area contributed by atoms with Crippen LogP contribution in [0.4, 0.5) is 0 Å². The van der Waals surface area contributed by atoms with Crippen molar-refractivity contribution in [1.29, 1.82) is 0 Å². The lowest BCUT2D eigenvalue weighted by molar-refractivity contribution is -0.671. The summed E-state index contributed by atoms with van der Waals surface area (Å²) in [6, 6.07) is 13.6. The fourth-order valence-electron chi connectivity index (χ4n) is 4.38. The number of aliphatic hydroxyl groups is 1. The van der Waals surface area contributed by atoms with Crippen molar-refractivity contribution in [2.45, 2.75) is 26.6 Å². The van der Waals surface area contributed by atoms with Crippen LogP contribution in [-0.2, 0) is 30.8 Å². The number of amides is 1. The monoisotopic (exact) mass is 471 g/mol. The van der Waals surface area contributed by atoms with E-state index in [1.807, 2.05) is 42.5 Å². The molecule has 0 bridgehead atoms. The van der Waals surface area contributed by atoms with Crippen LogP contribution >= 0.6 is 0 Å². The van der Waals surface area contributed by atoms with Crippen molar-refractivity contribution in [3.63, 3.8) is 0 Å². The lowest BCUT2D eigenvalue weighted by Gasteiger charge is -2.28. The normalized spacial score (nSPS) is 14.7. The minimum atomic E-state index is -0.817. The van der Waals surface area contributed by atoms with Gasteiger partial charge in [0.25, 0.3) is 11.7 Å². The van der Waals surface area contributed by atoms with Crippen molar-refractivity contribution in [2.24, 2.45) is 5.73 Å². The number of hydrogen-bond donors (Lipinski definition) is 2. The number of benzene rings is 2. The van der Waals surface area contributed by atoms with Crippen LogP contribution in [0.15, 0.2) is 42.5 Å². The van der Waals surface area contributed by atoms with Crippen LogP contribution in [0.1, 0.15) is 28.7 Å². The van der Waals surface area contributed by atoms with Crippen molar-refractivity contribution in [3.05, 3.63) is 59.4 Å². The smallest absolute Gasteiger partial charge is 0.271 e. The average molecular weight is 472 g/mol. The Balaban J connectivity index is 1.64. The van der Waals surface area contributed by atoms with E-state index in [1.54, 1.807) is 4.90 Å². The maximum absolute atomic E-state index is 13.0. The number of aliphatic hydroxyl groups excluding tert-OH is 1. The van der Waals surface area contributed by atoms with Crippen LogP contribution in [0.3, 0.4) is 0 Å². The average Bonchev–Trinajstić information content (AvgIpc) is 3.14. The summed E-state index contributed by atoms with van der Waals surface area (Å²) in [5, 5.41) is 9.06. The minimum absolute atomic E-state index is 0.0146. The van der Waals surface area contributed by atoms with Crippen molar-refractivity contribution < 1.29 is 23.8 Å². The zero-order valence-corrected chi connectivity index (χ0v) is 19.7. The van der Waals surface area contributed by atoms with Gasteiger partial charge in [0.05, 0.1) is 32.8 Å². The van der Waals surface area contributed by atoms with Crippen molar-refractivity contribution in [1.82, 2.24) is 9.47 Å². The molecule has 2 heterocycles. The Morgan fingerprint density at radius 2 is 2.03 bits per heavy atom. The maximum Gasteiger partial charge on any atom is 0.271 e. The van der Waals surface area contributed by atoms with Crippen LogP contribution < -0.4 is 15.0 Å². The molecule has 33 heavy (non-hydrogen) atoms. The predicted octanol–water partition coefficient (Wildman–Crippen LogP) is 1.03. The van der Waals surface area contributed by atoms with Gasteiger partial charge in [0.2, 0.25) is 0 Å². The molecule has 8 nitrogen and oxygen atoms in total. The van der Waals surface area contributed by atoms with Crippen molar-refractivity contribution in [2.75, 3.05) is 37.8 Å². The summed E-state index contributed by atoms with van der Waals surface area (Å²) in [4.78, 5) is 14.8. The number of carbonyl (C=O) groups is 1. The van der Waals surface area contributed by atoms with Gasteiger partial charge in [-0.05, 0) is 36.8 Å². The van der Waals surface area contributed by atoms with Gasteiger partial charge < -0.3 is 25.0 Å². The standard InChI is InChI=1S/C24H31N4O4S/c1-2-27-22-15-20(32-11-10-29)6-7-21(22)28(23(27)16-25)17-18-4-3-5-19(14-18)24(30)26-8-12-33(31)13-9-26/h3-7,14-15,29H,2,8-13,16-17,25H2,1H3/q+1. The van der Waals surface area contributed by atoms with Crippen molar-refractivity contribution >= 4 is 28.1 Å². The van der Waals surface area contributed by atoms with Gasteiger partial charge in [0.1, 0.15) is 30.4 Å². The number of fused-ring (bicyclic) bond motifs is 1. The third kappa shape index (κ3) is 5.01. The number of rotatable bonds is 8. The number of hydrogen-bond acceptors (Lipinski definition) is 5. The molecule has 2 aromatic carbocycles. The molecule has 1 fully saturated rings. The molecule has 0 aliphatic carbocycles. The van der Waals surface area contributed by atoms with Gasteiger partial charge in [0, 0.05) is 11.6 Å². The van der Waals surface area contributed by atoms with E-state index in [1.165, 1.54) is 0 Å². The molecular weight excluding hydrogens is 440 g/mol. The number of carbonyl (C=O) groups excluding carboxylic acids is 1. The van der Waals surface area contributed by atoms with E-state index in [-0.39, 0.29) is 19.1 Å². The van der Waals surface area contributed by atoms with Crippen molar-refractivity contribution in [3.8, 4) is 5.75 Å². The molecule has 176 valence electrons. The fourth-order valence-corrected chi connectivity index (χ4v) is 5.44. The van der Waals surface area contributed by atoms with E-state index >= 15 is 0 Å². The Hall–Kier alpha value is -2.59. The molecule has 3 N–H and O–H groups in total. The van der Waals surface area contributed by atoms with E-state index in [4.69, 9.17) is 15.6 Å². The molecule has 9 heteroatoms. The van der Waals surface area contributed by atoms with E-state index < -0.39 is 11.2 Å². The first-order valence-corrected chi connectivity index (χ1v) is 12.8. The Kier molecular flexibility index (Phi) is 7.54. The summed E-state index contributed by atoms with van der Waals surface area (Å²) in [6.07, 6.45) is 0. The van der Waals surface area contributed by atoms with Gasteiger partial charge in [-0.15, -0.1) is 0 Å². The molecule has 0 spiro atoms. The summed E-state index contributed by atoms with van der Waals surface area (Å²) in [7, 11) is 0. The van der Waals surface area contributed by atoms with Gasteiger partial charge in [-0.25, -0.2) is 9.13 Å². The van der Waals surface area contributed by atoms with Crippen LogP contribution in [0.5, 0.6) is 5.75 Å². The SMILES string of the molecule is CCn1c(CN)[n+](Cc2cccc(C(=O)N3CC[S+]([O-])CC3)c2)c2ccc(OCCO)cc21. The highest BCUT2D eigenvalue weighted by Gasteiger charge is 2.26. The predicted molar refractivity (Wildman–Crippen MR) is 128 cm³/mol. The summed E-state index contributed by atoms with van der Waals surface area (Å²) < 4.78 is 21.6. The quantitative estimate of drug-likeness (QED) is 0.377. The summed E-state index contributed by atoms with van der Waals surface area (Å²) in [5.41, 5.74) is 9.86. The zero-order chi connectivity index (χ0) is 23.4. The number of ether oxygens (including phenoxy) is 1. The van der Waals surface area contributed by atoms with Crippen LogP contribution in [0.25, 0.3) is 11.0 Å². The molecule has 1 aromatic heterocycles. The lowest BCUT2D eigenvalue weighted by Crippen LogP contribution is -2.43. The summed E-state index contributed by atoms with van der Waals surface area (Å²) >= 11 is -0.817. The van der Waals surface area contributed by atoms with E-state index in [0.717, 1.165) is 29.0 Å². The number of nitrogens with zero attached hydrogens (tertiary/aromatic N) is 3. The maximum atomic E-state index is 13.0. The summed E-state index contributed by atoms with van der Waals surface area (Å²) in [5.74, 6) is 2.76. The zero-order valence-electron chi connectivity index (χ0n) is 18.9. The Labute approximate surface area is 196 Å². The molecule has 1 saturated heterocycles. The van der Waals surface area contributed by atoms with Crippen LogP contribution in [0.2, 0.25) is 0 Å². The Morgan fingerprint density at radius 3 is 2.73 bits per heavy atom. The van der Waals surface area contributed by atoms with E-state index in [2.05, 4.69) is 16.1 Å². The molecule has 3 aromatic rings. The first-order chi connectivity index (χ1) is 16.0. The third-order valence-electron chi connectivity index (χ3n) is 5.99. The Morgan fingerprint density at radius 1 is 1.24 bits per heavy atom. The van der Waals surface area contributed by atoms with Gasteiger partial charge >= 0.3 is 0 Å². The van der Waals surface area contributed by atoms with E-state index in [0.29, 0.717) is 49.0 Å². The second-order valence-electron chi connectivity index (χ2n) is 8.01. The molecular formula is C24H31N4O4S+. The first-order valence-electron chi connectivity index (χ1n) is 11.3. The highest BCUT2D eigenvalue weighted by Crippen LogP contribution is 2.22. The molecule has 1 aliphatic heterocycles. The van der Waals surface area contributed by atoms with Crippen LogP contribution in [0, 0.1) is 0 Å². The van der Waals surface area contributed by atoms with Gasteiger partial charge in [-0.2, -0.15) is 0 Å². The summed E-state index contributed by atoms with van der Waals surface area (Å²) in [6.45, 7) is 5.07. The molecule has 0 atom stereocenters. The number of imidazole rings is 1. The molecule has 1 amide bonds. The number of aromatic nitrogens is 2. The fraction of sp³-hybridized carbons (Fsp3) is 0.417. The number of nitrogens with two attached hydrogens (primary N) is 1. The largest absolute Gasteiger partial charge is 0.616 e. The molecule has 1 aliphatic rings. The van der Waals surface area contributed by atoms with Crippen LogP contribution in [-0.4, -0.2) is 62.8 Å². The highest BCUT2D eigenvalue weighted by atomic mass is 32.2. The van der Waals surface area contributed by atoms with Gasteiger partial charge in [0.15, 0.2) is 11.0 Å². The number of aryl methyl sites for hydroxylation is 1. The minimum Gasteiger partial charge on any atom is -0.616 e. The highest BCUT2D eigenvalue weighted by molar-refractivity contribution is 7.91. The molecule has 4 rings (SSSR count). The molecule has 0 unspecified atom stereocenters. The second-order valence-corrected chi connectivity index (χ2v) is 9.71. The first kappa shape index (κ1) is 23.6. The Bertz CT molecular complexity index is 1130. The van der Waals surface area contributed by atoms with Gasteiger partial charge in [-0.3, -0.25) is 4.79 Å². The second kappa shape index (κ2) is 10.6. The molecule has 0 radical (unpaired) electrons. The third-order valence-corrected chi connectivity index (χ3v) is 7.27. The lowest BCUT2D eigenvalue weighted by atomic mass is 10.1. The molecule has 0 saturated carbocycles. The van der Waals surface area contributed by atoms with E-state index in [9.17, 15) is 9.35 Å². The van der Waals surface area contributed by atoms with Gasteiger partial charge in [-0.1, -0.05) is 23.3 Å². The topological polar surface area (TPSA) is 108 Å².